The van der Waals surface area contributed by atoms with E-state index in [2.05, 4.69) is 11.5 Å². The summed E-state index contributed by atoms with van der Waals surface area (Å²) in [6.07, 6.45) is 2.56. The van der Waals surface area contributed by atoms with E-state index in [0.29, 0.717) is 5.56 Å². The average Bonchev–Trinajstić information content (AvgIpc) is 2.87. The number of aromatic nitrogens is 1. The molecule has 0 aliphatic carbocycles. The van der Waals surface area contributed by atoms with Crippen LogP contribution in [0, 0.1) is 25.2 Å². The van der Waals surface area contributed by atoms with Gasteiger partial charge in [0.1, 0.15) is 17.4 Å². The number of benzene rings is 1. The Hall–Kier alpha value is -3.13. The first-order valence-corrected chi connectivity index (χ1v) is 8.49. The van der Waals surface area contributed by atoms with Crippen LogP contribution in [0.25, 0.3) is 6.08 Å². The molecule has 134 valence electrons. The normalized spacial score (nSPS) is 11.1. The highest BCUT2D eigenvalue weighted by molar-refractivity contribution is 5.99. The summed E-state index contributed by atoms with van der Waals surface area (Å²) < 4.78 is 7.41. The Labute approximate surface area is 153 Å². The lowest BCUT2D eigenvalue weighted by molar-refractivity contribution is -0.129. The summed E-state index contributed by atoms with van der Waals surface area (Å²) in [6, 6.07) is 10.1. The van der Waals surface area contributed by atoms with Crippen molar-refractivity contribution in [2.45, 2.75) is 40.7 Å². The van der Waals surface area contributed by atoms with Crippen molar-refractivity contribution >= 4 is 17.8 Å². The summed E-state index contributed by atoms with van der Waals surface area (Å²) in [6.45, 7) is 8.42. The van der Waals surface area contributed by atoms with Gasteiger partial charge >= 0.3 is 5.97 Å². The fraction of sp³-hybridized carbons (Fsp3) is 0.286. The number of aryl methyl sites for hydroxylation is 1. The van der Waals surface area contributed by atoms with E-state index in [-0.39, 0.29) is 17.1 Å². The quantitative estimate of drug-likeness (QED) is 0.257. The summed E-state index contributed by atoms with van der Waals surface area (Å²) in [7, 11) is 0. The summed E-state index contributed by atoms with van der Waals surface area (Å²) in [5, 5.41) is 9.35. The number of carbonyl (C=O) groups excluding carboxylic acids is 2. The summed E-state index contributed by atoms with van der Waals surface area (Å²) in [5.41, 5.74) is 3.38. The number of Topliss-reactive ketones (excluding diaryl/α,β-unsaturated/α-hetero) is 1. The van der Waals surface area contributed by atoms with E-state index < -0.39 is 5.97 Å². The van der Waals surface area contributed by atoms with Crippen LogP contribution in [-0.4, -0.2) is 16.3 Å². The molecule has 0 radical (unpaired) electrons. The van der Waals surface area contributed by atoms with Crippen molar-refractivity contribution in [3.8, 4) is 11.8 Å². The molecule has 1 aromatic carbocycles. The molecule has 5 heteroatoms. The highest BCUT2D eigenvalue weighted by Gasteiger charge is 2.15. The van der Waals surface area contributed by atoms with Crippen LogP contribution in [0.3, 0.4) is 0 Å². The minimum Gasteiger partial charge on any atom is -0.422 e. The third-order valence-corrected chi connectivity index (χ3v) is 4.17. The monoisotopic (exact) mass is 350 g/mol. The van der Waals surface area contributed by atoms with Gasteiger partial charge in [-0.05, 0) is 69.2 Å². The molecule has 0 spiro atoms. The van der Waals surface area contributed by atoms with E-state index in [4.69, 9.17) is 4.74 Å². The van der Waals surface area contributed by atoms with Crippen molar-refractivity contribution in [1.82, 2.24) is 4.57 Å². The van der Waals surface area contributed by atoms with Crippen LogP contribution in [-0.2, 0) is 11.3 Å². The van der Waals surface area contributed by atoms with Gasteiger partial charge in [0, 0.05) is 23.5 Å². The predicted molar refractivity (Wildman–Crippen MR) is 99.9 cm³/mol. The van der Waals surface area contributed by atoms with E-state index in [1.54, 1.807) is 18.2 Å². The third-order valence-electron chi connectivity index (χ3n) is 4.17. The molecule has 0 aliphatic heterocycles. The SMILES string of the molecule is CCCn1c(C)cc(/C=C(\C#N)C(=O)Oc2ccc(C(C)=O)cc2)c1C. The molecule has 1 aromatic heterocycles. The second-order valence-electron chi connectivity index (χ2n) is 6.12. The number of ketones is 1. The second-order valence-corrected chi connectivity index (χ2v) is 6.12. The van der Waals surface area contributed by atoms with Crippen molar-refractivity contribution in [2.75, 3.05) is 0 Å². The van der Waals surface area contributed by atoms with Crippen molar-refractivity contribution in [2.24, 2.45) is 0 Å². The van der Waals surface area contributed by atoms with Gasteiger partial charge in [0.2, 0.25) is 0 Å². The van der Waals surface area contributed by atoms with Crippen LogP contribution in [0.5, 0.6) is 5.75 Å². The maximum absolute atomic E-state index is 12.3. The molecule has 2 aromatic rings. The molecule has 0 amide bonds. The van der Waals surface area contributed by atoms with Gasteiger partial charge in [-0.25, -0.2) is 4.79 Å². The zero-order valence-corrected chi connectivity index (χ0v) is 15.5. The molecule has 0 bridgehead atoms. The number of rotatable bonds is 6. The van der Waals surface area contributed by atoms with Crippen LogP contribution in [0.2, 0.25) is 0 Å². The van der Waals surface area contributed by atoms with E-state index in [1.165, 1.54) is 19.1 Å². The zero-order chi connectivity index (χ0) is 19.3. The molecule has 5 nitrogen and oxygen atoms in total. The number of hydrogen-bond donors (Lipinski definition) is 0. The molecule has 0 saturated heterocycles. The van der Waals surface area contributed by atoms with E-state index in [0.717, 1.165) is 29.9 Å². The van der Waals surface area contributed by atoms with Crippen molar-refractivity contribution in [1.29, 1.82) is 5.26 Å². The second kappa shape index (κ2) is 8.30. The number of carbonyl (C=O) groups is 2. The largest absolute Gasteiger partial charge is 0.422 e. The van der Waals surface area contributed by atoms with Gasteiger partial charge in [-0.2, -0.15) is 5.26 Å². The summed E-state index contributed by atoms with van der Waals surface area (Å²) in [5.74, 6) is -0.496. The van der Waals surface area contributed by atoms with Gasteiger partial charge in [0.05, 0.1) is 0 Å². The Morgan fingerprint density at radius 1 is 1.23 bits per heavy atom. The highest BCUT2D eigenvalue weighted by atomic mass is 16.5. The Morgan fingerprint density at radius 3 is 2.42 bits per heavy atom. The Bertz CT molecular complexity index is 897. The topological polar surface area (TPSA) is 72.1 Å². The third kappa shape index (κ3) is 4.28. The Morgan fingerprint density at radius 2 is 1.88 bits per heavy atom. The maximum Gasteiger partial charge on any atom is 0.354 e. The van der Waals surface area contributed by atoms with Crippen LogP contribution < -0.4 is 4.74 Å². The molecule has 0 saturated carbocycles. The molecule has 0 atom stereocenters. The van der Waals surface area contributed by atoms with Gasteiger partial charge in [-0.15, -0.1) is 0 Å². The minimum atomic E-state index is -0.719. The lowest BCUT2D eigenvalue weighted by Crippen LogP contribution is -2.10. The number of ether oxygens (including phenoxy) is 1. The van der Waals surface area contributed by atoms with Gasteiger partial charge in [-0.1, -0.05) is 6.92 Å². The molecular weight excluding hydrogens is 328 g/mol. The highest BCUT2D eigenvalue weighted by Crippen LogP contribution is 2.20. The lowest BCUT2D eigenvalue weighted by atomic mass is 10.1. The number of nitrogens with zero attached hydrogens (tertiary/aromatic N) is 2. The number of nitriles is 1. The van der Waals surface area contributed by atoms with Crippen LogP contribution in [0.4, 0.5) is 0 Å². The van der Waals surface area contributed by atoms with Crippen molar-refractivity contribution in [3.05, 3.63) is 58.4 Å². The van der Waals surface area contributed by atoms with E-state index >= 15 is 0 Å². The number of hydrogen-bond acceptors (Lipinski definition) is 4. The van der Waals surface area contributed by atoms with Crippen molar-refractivity contribution in [3.63, 3.8) is 0 Å². The molecule has 0 unspecified atom stereocenters. The molecule has 0 N–H and O–H groups in total. The van der Waals surface area contributed by atoms with Gasteiger partial charge in [0.25, 0.3) is 0 Å². The average molecular weight is 350 g/mol. The van der Waals surface area contributed by atoms with Crippen LogP contribution >= 0.6 is 0 Å². The first-order valence-electron chi connectivity index (χ1n) is 8.49. The van der Waals surface area contributed by atoms with Gasteiger partial charge in [0.15, 0.2) is 5.78 Å². The fourth-order valence-electron chi connectivity index (χ4n) is 2.75. The predicted octanol–water partition coefficient (Wildman–Crippen LogP) is 4.23. The van der Waals surface area contributed by atoms with Crippen LogP contribution in [0.1, 0.15) is 47.6 Å². The van der Waals surface area contributed by atoms with Gasteiger partial charge < -0.3 is 9.30 Å². The van der Waals surface area contributed by atoms with Gasteiger partial charge in [-0.3, -0.25) is 4.79 Å². The minimum absolute atomic E-state index is 0.0667. The van der Waals surface area contributed by atoms with E-state index in [9.17, 15) is 14.9 Å². The first kappa shape index (κ1) is 19.2. The molecule has 1 heterocycles. The molecule has 2 rings (SSSR count). The zero-order valence-electron chi connectivity index (χ0n) is 15.5. The summed E-state index contributed by atoms with van der Waals surface area (Å²) in [4.78, 5) is 23.6. The molecular formula is C21H22N2O3. The maximum atomic E-state index is 12.3. The Balaban J connectivity index is 2.23. The Kier molecular flexibility index (Phi) is 6.13. The molecule has 26 heavy (non-hydrogen) atoms. The molecule has 0 fully saturated rings. The lowest BCUT2D eigenvalue weighted by Gasteiger charge is -2.07. The first-order chi connectivity index (χ1) is 12.4. The standard InChI is InChI=1S/C21H22N2O3/c1-5-10-23-14(2)11-18(15(23)3)12-19(13-22)21(25)26-20-8-6-17(7-9-20)16(4)24/h6-9,11-12H,5,10H2,1-4H3/b19-12+. The fourth-order valence-corrected chi connectivity index (χ4v) is 2.75. The smallest absolute Gasteiger partial charge is 0.354 e. The summed E-state index contributed by atoms with van der Waals surface area (Å²) >= 11 is 0. The van der Waals surface area contributed by atoms with Crippen molar-refractivity contribution < 1.29 is 14.3 Å². The van der Waals surface area contributed by atoms with E-state index in [1.807, 2.05) is 26.0 Å². The molecule has 0 aliphatic rings. The van der Waals surface area contributed by atoms with Crippen LogP contribution in [0.15, 0.2) is 35.9 Å². The number of esters is 1.